The zero-order chi connectivity index (χ0) is 3.41. The number of hydrogen-bond acceptors (Lipinski definition) is 2. The fourth-order valence-corrected chi connectivity index (χ4v) is 0. The summed E-state index contributed by atoms with van der Waals surface area (Å²) in [4.78, 5) is 0. The van der Waals surface area contributed by atoms with Crippen molar-refractivity contribution in [1.82, 2.24) is 0 Å². The maximum atomic E-state index is 7.62. The molecule has 32 valence electrons. The topological polar surface area (TPSA) is 69.0 Å². The van der Waals surface area contributed by atoms with E-state index in [9.17, 15) is 0 Å². The highest BCUT2D eigenvalue weighted by Gasteiger charge is 1.58. The lowest BCUT2D eigenvalue weighted by atomic mass is 10.8. The van der Waals surface area contributed by atoms with Crippen molar-refractivity contribution >= 4 is 0 Å². The molecule has 0 aliphatic heterocycles. The van der Waals surface area contributed by atoms with Gasteiger partial charge in [0.15, 0.2) is 0 Å². The van der Waals surface area contributed by atoms with Crippen LogP contribution >= 0.6 is 0 Å². The van der Waals surface area contributed by atoms with Crippen LogP contribution < -0.4 is 0 Å². The first-order valence-electron chi connectivity index (χ1n) is 1.13. The van der Waals surface area contributed by atoms with Crippen LogP contribution in [0.25, 0.3) is 0 Å². The van der Waals surface area contributed by atoms with Crippen LogP contribution in [-0.4, -0.2) is 23.4 Å². The van der Waals surface area contributed by atoms with Crippen molar-refractivity contribution in [2.45, 2.75) is 0 Å². The van der Waals surface area contributed by atoms with Gasteiger partial charge in [-0.15, -0.1) is 0 Å². The fraction of sp³-hybridized carbons (Fsp3) is 1.00. The van der Waals surface area contributed by atoms with Gasteiger partial charge in [0.1, 0.15) is 0 Å². The van der Waals surface area contributed by atoms with Crippen molar-refractivity contribution in [1.29, 1.82) is 0 Å². The van der Waals surface area contributed by atoms with Crippen LogP contribution in [0, 0.1) is 0 Å². The van der Waals surface area contributed by atoms with Crippen LogP contribution in [0.3, 0.4) is 0 Å². The molecule has 0 saturated heterocycles. The van der Waals surface area contributed by atoms with Gasteiger partial charge in [-0.3, -0.25) is 0 Å². The minimum Gasteiger partial charge on any atom is -0.394 e. The molecule has 0 spiro atoms. The molecule has 2 radical (unpaired) electrons. The Balaban J connectivity index is 0. The smallest absolute Gasteiger partial charge is 0.0662 e. The summed E-state index contributed by atoms with van der Waals surface area (Å²) in [6.45, 7) is -0.250. The zero-order valence-corrected chi connectivity index (χ0v) is 2.72. The van der Waals surface area contributed by atoms with Crippen LogP contribution in [0.4, 0.5) is 0 Å². The van der Waals surface area contributed by atoms with Gasteiger partial charge in [0.25, 0.3) is 0 Å². The maximum Gasteiger partial charge on any atom is 0.0662 e. The van der Waals surface area contributed by atoms with Gasteiger partial charge in [-0.2, -0.15) is 0 Å². The molecule has 0 fully saturated rings. The van der Waals surface area contributed by atoms with Gasteiger partial charge in [0.05, 0.1) is 13.2 Å². The van der Waals surface area contributed by atoms with E-state index >= 15 is 0 Å². The maximum absolute atomic E-state index is 7.62. The van der Waals surface area contributed by atoms with E-state index in [1.165, 1.54) is 0 Å². The summed E-state index contributed by atoms with van der Waals surface area (Å²) in [5.41, 5.74) is 0. The number of rotatable bonds is 1. The van der Waals surface area contributed by atoms with Crippen molar-refractivity contribution in [3.8, 4) is 0 Å². The van der Waals surface area contributed by atoms with Crippen LogP contribution in [0.1, 0.15) is 0 Å². The van der Waals surface area contributed by atoms with Gasteiger partial charge in [-0.1, -0.05) is 0 Å². The van der Waals surface area contributed by atoms with Gasteiger partial charge < -0.3 is 10.2 Å². The predicted octanol–water partition coefficient (Wildman–Crippen LogP) is -1.15. The highest BCUT2D eigenvalue weighted by atomic mass is 16.3. The number of hydrogen-bond donors (Lipinski definition) is 2. The lowest BCUT2D eigenvalue weighted by Crippen LogP contribution is -1.85. The summed E-state index contributed by atoms with van der Waals surface area (Å²) in [5, 5.41) is 15.2. The second kappa shape index (κ2) is 9.11. The van der Waals surface area contributed by atoms with Crippen molar-refractivity contribution in [3.63, 3.8) is 0 Å². The van der Waals surface area contributed by atoms with Gasteiger partial charge in [-0.05, 0) is 0 Å². The van der Waals surface area contributed by atoms with Crippen molar-refractivity contribution in [3.05, 3.63) is 0 Å². The molecule has 0 aliphatic rings. The second-order valence-electron chi connectivity index (χ2n) is 0.447. The molecule has 5 heavy (non-hydrogen) atoms. The van der Waals surface area contributed by atoms with Gasteiger partial charge in [0.2, 0.25) is 0 Å². The monoisotopic (exact) mass is 78.0 g/mol. The van der Waals surface area contributed by atoms with E-state index in [0.717, 1.165) is 0 Å². The lowest BCUT2D eigenvalue weighted by Gasteiger charge is -1.70. The Morgan fingerprint density at radius 3 is 1.20 bits per heavy atom. The largest absolute Gasteiger partial charge is 0.394 e. The lowest BCUT2D eigenvalue weighted by molar-refractivity contribution is 0.186. The molecule has 0 unspecified atom stereocenters. The van der Waals surface area contributed by atoms with Crippen LogP contribution in [0.5, 0.6) is 0 Å². The van der Waals surface area contributed by atoms with E-state index in [0.29, 0.717) is 0 Å². The molecule has 0 aliphatic carbocycles. The molecule has 0 heterocycles. The summed E-state index contributed by atoms with van der Waals surface area (Å²) < 4.78 is 0. The molecule has 0 aromatic carbocycles. The molecule has 0 amide bonds. The normalized spacial score (nSPS) is 6.00. The standard InChI is InChI=1S/C2H6O2.O/c3-1-2-4;/h3-4H,1-2H2;. The summed E-state index contributed by atoms with van der Waals surface area (Å²) in [6, 6.07) is 0. The molecular formula is C2H6O3. The third-order valence-electron chi connectivity index (χ3n) is 0.1000. The minimum absolute atomic E-state index is 0. The molecule has 0 rings (SSSR count). The third kappa shape index (κ3) is 17.7. The molecule has 2 N–H and O–H groups in total. The van der Waals surface area contributed by atoms with E-state index in [2.05, 4.69) is 0 Å². The molecule has 3 heteroatoms. The highest BCUT2D eigenvalue weighted by Crippen LogP contribution is 1.39. The summed E-state index contributed by atoms with van der Waals surface area (Å²) in [7, 11) is 0. The predicted molar refractivity (Wildman–Crippen MR) is 14.9 cm³/mol. The Hall–Kier alpha value is -0.120. The zero-order valence-electron chi connectivity index (χ0n) is 2.72. The quantitative estimate of drug-likeness (QED) is 0.416. The second-order valence-corrected chi connectivity index (χ2v) is 0.447. The van der Waals surface area contributed by atoms with Crippen LogP contribution in [0.2, 0.25) is 0 Å². The molecule has 0 saturated carbocycles. The van der Waals surface area contributed by atoms with E-state index in [1.807, 2.05) is 0 Å². The summed E-state index contributed by atoms with van der Waals surface area (Å²) in [5.74, 6) is 0. The molecule has 0 aromatic heterocycles. The molecular weight excluding hydrogens is 72.0 g/mol. The molecule has 0 bridgehead atoms. The summed E-state index contributed by atoms with van der Waals surface area (Å²) in [6.07, 6.45) is 0. The fourth-order valence-electron chi connectivity index (χ4n) is 0. The van der Waals surface area contributed by atoms with Crippen LogP contribution in [-0.2, 0) is 5.48 Å². The molecule has 3 nitrogen and oxygen atoms in total. The Morgan fingerprint density at radius 1 is 1.00 bits per heavy atom. The highest BCUT2D eigenvalue weighted by molar-refractivity contribution is 4.06. The van der Waals surface area contributed by atoms with E-state index < -0.39 is 0 Å². The first-order valence-corrected chi connectivity index (χ1v) is 1.13. The average molecular weight is 78.1 g/mol. The Bertz CT molecular complexity index is 6.85. The number of aliphatic hydroxyl groups is 2. The average Bonchev–Trinajstić information content (AvgIpc) is 1.37. The van der Waals surface area contributed by atoms with Crippen molar-refractivity contribution in [2.24, 2.45) is 0 Å². The summed E-state index contributed by atoms with van der Waals surface area (Å²) >= 11 is 0. The van der Waals surface area contributed by atoms with Gasteiger partial charge in [0, 0.05) is 5.48 Å². The Kier molecular flexibility index (Phi) is 16.1. The first kappa shape index (κ1) is 8.86. The van der Waals surface area contributed by atoms with E-state index in [1.54, 1.807) is 0 Å². The first-order chi connectivity index (χ1) is 1.91. The van der Waals surface area contributed by atoms with Gasteiger partial charge in [-0.25, -0.2) is 0 Å². The van der Waals surface area contributed by atoms with E-state index in [-0.39, 0.29) is 18.7 Å². The molecule has 0 aromatic rings. The van der Waals surface area contributed by atoms with Crippen molar-refractivity contribution in [2.75, 3.05) is 13.2 Å². The van der Waals surface area contributed by atoms with Crippen molar-refractivity contribution < 1.29 is 15.7 Å². The Labute approximate surface area is 30.2 Å². The third-order valence-corrected chi connectivity index (χ3v) is 0.1000. The Morgan fingerprint density at radius 2 is 1.20 bits per heavy atom. The molecule has 0 atom stereocenters. The number of aliphatic hydroxyl groups excluding tert-OH is 2. The van der Waals surface area contributed by atoms with E-state index in [4.69, 9.17) is 10.2 Å². The van der Waals surface area contributed by atoms with Crippen LogP contribution in [0.15, 0.2) is 0 Å². The minimum atomic E-state index is -0.125. The van der Waals surface area contributed by atoms with Gasteiger partial charge >= 0.3 is 0 Å². The SMILES string of the molecule is OCCO.[O].